The highest BCUT2D eigenvalue weighted by atomic mass is 35.5. The van der Waals surface area contributed by atoms with E-state index in [9.17, 15) is 8.42 Å². The summed E-state index contributed by atoms with van der Waals surface area (Å²) in [5.41, 5.74) is 0.514. The van der Waals surface area contributed by atoms with Crippen LogP contribution in [0.15, 0.2) is 28.1 Å². The van der Waals surface area contributed by atoms with Crippen molar-refractivity contribution < 1.29 is 8.42 Å². The molecule has 1 aromatic rings. The molecule has 0 radical (unpaired) electrons. The van der Waals surface area contributed by atoms with Crippen LogP contribution < -0.4 is 10.0 Å². The van der Waals surface area contributed by atoms with E-state index in [0.717, 1.165) is 19.3 Å². The number of anilines is 1. The summed E-state index contributed by atoms with van der Waals surface area (Å²) in [6.45, 7) is 2.17. The molecule has 2 unspecified atom stereocenters. The van der Waals surface area contributed by atoms with Crippen LogP contribution in [-0.4, -0.2) is 20.4 Å². The van der Waals surface area contributed by atoms with Gasteiger partial charge in [0.2, 0.25) is 5.96 Å². The maximum absolute atomic E-state index is 12.3. The van der Waals surface area contributed by atoms with Crippen molar-refractivity contribution >= 4 is 33.3 Å². The van der Waals surface area contributed by atoms with Crippen LogP contribution in [0.25, 0.3) is 0 Å². The molecule has 0 aromatic heterocycles. The molecule has 2 atom stereocenters. The van der Waals surface area contributed by atoms with Crippen LogP contribution in [-0.2, 0) is 10.0 Å². The summed E-state index contributed by atoms with van der Waals surface area (Å²) in [5, 5.41) is 3.44. The topological polar surface area (TPSA) is 70.6 Å². The van der Waals surface area contributed by atoms with Crippen LogP contribution in [0.4, 0.5) is 5.69 Å². The SMILES string of the molecule is CC1CCCCC1N=C1Nc2ccc(Cl)cc2S(=O)(=O)N1. The lowest BCUT2D eigenvalue weighted by Gasteiger charge is -2.28. The Morgan fingerprint density at radius 2 is 2.05 bits per heavy atom. The van der Waals surface area contributed by atoms with Crippen molar-refractivity contribution in [1.82, 2.24) is 4.72 Å². The molecule has 21 heavy (non-hydrogen) atoms. The van der Waals surface area contributed by atoms with Gasteiger partial charge in [0.1, 0.15) is 4.90 Å². The Kier molecular flexibility index (Phi) is 3.84. The van der Waals surface area contributed by atoms with Crippen molar-refractivity contribution in [3.8, 4) is 0 Å². The minimum atomic E-state index is -3.61. The highest BCUT2D eigenvalue weighted by Crippen LogP contribution is 2.30. The van der Waals surface area contributed by atoms with Gasteiger partial charge >= 0.3 is 0 Å². The van der Waals surface area contributed by atoms with Crippen LogP contribution >= 0.6 is 11.6 Å². The van der Waals surface area contributed by atoms with E-state index >= 15 is 0 Å². The van der Waals surface area contributed by atoms with Crippen molar-refractivity contribution in [3.63, 3.8) is 0 Å². The summed E-state index contributed by atoms with van der Waals surface area (Å²) in [4.78, 5) is 4.73. The third-order valence-corrected chi connectivity index (χ3v) is 5.69. The summed E-state index contributed by atoms with van der Waals surface area (Å²) in [5.74, 6) is 0.785. The quantitative estimate of drug-likeness (QED) is 0.833. The predicted octanol–water partition coefficient (Wildman–Crippen LogP) is 2.98. The van der Waals surface area contributed by atoms with Crippen LogP contribution in [0, 0.1) is 5.92 Å². The highest BCUT2D eigenvalue weighted by Gasteiger charge is 2.28. The molecule has 7 heteroatoms. The van der Waals surface area contributed by atoms with Crippen molar-refractivity contribution in [3.05, 3.63) is 23.2 Å². The molecule has 2 aliphatic rings. The first-order valence-corrected chi connectivity index (χ1v) is 8.99. The molecule has 0 amide bonds. The summed E-state index contributed by atoms with van der Waals surface area (Å²) in [6, 6.07) is 4.93. The zero-order valence-corrected chi connectivity index (χ0v) is 13.3. The Balaban J connectivity index is 1.92. The largest absolute Gasteiger partial charge is 0.324 e. The number of sulfonamides is 1. The van der Waals surface area contributed by atoms with E-state index in [1.807, 2.05) is 0 Å². The van der Waals surface area contributed by atoms with E-state index in [4.69, 9.17) is 11.6 Å². The lowest BCUT2D eigenvalue weighted by atomic mass is 9.86. The van der Waals surface area contributed by atoms with E-state index in [2.05, 4.69) is 22.0 Å². The Labute approximate surface area is 129 Å². The van der Waals surface area contributed by atoms with Crippen LogP contribution in [0.2, 0.25) is 5.02 Å². The summed E-state index contributed by atoms with van der Waals surface area (Å²) >= 11 is 5.86. The lowest BCUT2D eigenvalue weighted by molar-refractivity contribution is 0.332. The van der Waals surface area contributed by atoms with Gasteiger partial charge in [-0.3, -0.25) is 0 Å². The smallest absolute Gasteiger partial charge is 0.266 e. The number of nitrogens with zero attached hydrogens (tertiary/aromatic N) is 1. The Bertz CT molecular complexity index is 687. The molecule has 1 aromatic carbocycles. The number of fused-ring (bicyclic) bond motifs is 1. The van der Waals surface area contributed by atoms with Gasteiger partial charge in [-0.15, -0.1) is 0 Å². The molecule has 2 N–H and O–H groups in total. The van der Waals surface area contributed by atoms with Crippen molar-refractivity contribution in [2.45, 2.75) is 43.5 Å². The molecule has 1 aliphatic carbocycles. The van der Waals surface area contributed by atoms with E-state index in [0.29, 0.717) is 22.6 Å². The maximum atomic E-state index is 12.3. The number of hydrogen-bond donors (Lipinski definition) is 2. The fraction of sp³-hybridized carbons (Fsp3) is 0.500. The molecule has 0 saturated heterocycles. The third kappa shape index (κ3) is 3.01. The van der Waals surface area contributed by atoms with Gasteiger partial charge in [-0.05, 0) is 37.0 Å². The molecule has 1 heterocycles. The van der Waals surface area contributed by atoms with E-state index in [-0.39, 0.29) is 10.9 Å². The normalized spacial score (nSPS) is 29.3. The van der Waals surface area contributed by atoms with E-state index < -0.39 is 10.0 Å². The summed E-state index contributed by atoms with van der Waals surface area (Å²) in [7, 11) is -3.61. The van der Waals surface area contributed by atoms with Crippen molar-refractivity contribution in [2.75, 3.05) is 5.32 Å². The second kappa shape index (κ2) is 5.50. The molecule has 114 valence electrons. The fourth-order valence-corrected chi connectivity index (χ4v) is 4.27. The van der Waals surface area contributed by atoms with E-state index in [1.165, 1.54) is 12.5 Å². The van der Waals surface area contributed by atoms with Crippen LogP contribution in [0.1, 0.15) is 32.6 Å². The van der Waals surface area contributed by atoms with Gasteiger partial charge in [-0.25, -0.2) is 18.1 Å². The van der Waals surface area contributed by atoms with E-state index in [1.54, 1.807) is 12.1 Å². The van der Waals surface area contributed by atoms with Gasteiger partial charge in [-0.2, -0.15) is 0 Å². The number of hydrogen-bond acceptors (Lipinski definition) is 3. The fourth-order valence-electron chi connectivity index (χ4n) is 2.87. The molecule has 1 saturated carbocycles. The average molecular weight is 328 g/mol. The van der Waals surface area contributed by atoms with Gasteiger partial charge in [0.25, 0.3) is 10.0 Å². The average Bonchev–Trinajstić information content (AvgIpc) is 2.42. The van der Waals surface area contributed by atoms with Gasteiger partial charge in [-0.1, -0.05) is 31.4 Å². The minimum Gasteiger partial charge on any atom is -0.324 e. The highest BCUT2D eigenvalue weighted by molar-refractivity contribution is 7.90. The zero-order valence-electron chi connectivity index (χ0n) is 11.8. The number of nitrogens with one attached hydrogen (secondary N) is 2. The second-order valence-electron chi connectivity index (χ2n) is 5.68. The van der Waals surface area contributed by atoms with Gasteiger partial charge < -0.3 is 5.32 Å². The van der Waals surface area contributed by atoms with Gasteiger partial charge in [0, 0.05) is 5.02 Å². The molecule has 1 fully saturated rings. The lowest BCUT2D eigenvalue weighted by Crippen LogP contribution is -2.42. The van der Waals surface area contributed by atoms with Crippen LogP contribution in [0.5, 0.6) is 0 Å². The molecule has 1 aliphatic heterocycles. The first kappa shape index (κ1) is 14.7. The summed E-state index contributed by atoms with van der Waals surface area (Å²) < 4.78 is 27.0. The first-order chi connectivity index (χ1) is 9.95. The Morgan fingerprint density at radius 1 is 1.29 bits per heavy atom. The molecular weight excluding hydrogens is 310 g/mol. The van der Waals surface area contributed by atoms with Gasteiger partial charge in [0.05, 0.1) is 11.7 Å². The van der Waals surface area contributed by atoms with Crippen molar-refractivity contribution in [2.24, 2.45) is 10.9 Å². The summed E-state index contributed by atoms with van der Waals surface area (Å²) in [6.07, 6.45) is 4.51. The number of aliphatic imine (C=N–C) groups is 1. The molecule has 0 bridgehead atoms. The first-order valence-electron chi connectivity index (χ1n) is 7.13. The number of benzene rings is 1. The monoisotopic (exact) mass is 327 g/mol. The molecule has 3 rings (SSSR count). The Morgan fingerprint density at radius 3 is 2.81 bits per heavy atom. The minimum absolute atomic E-state index is 0.158. The number of halogens is 1. The van der Waals surface area contributed by atoms with Crippen molar-refractivity contribution in [1.29, 1.82) is 0 Å². The predicted molar refractivity (Wildman–Crippen MR) is 84.3 cm³/mol. The third-order valence-electron chi connectivity index (χ3n) is 4.08. The van der Waals surface area contributed by atoms with Crippen LogP contribution in [0.3, 0.4) is 0 Å². The number of guanidine groups is 1. The number of rotatable bonds is 1. The zero-order chi connectivity index (χ0) is 15.0. The molecular formula is C14H18ClN3O2S. The second-order valence-corrected chi connectivity index (χ2v) is 7.77. The Hall–Kier alpha value is -1.27. The molecule has 5 nitrogen and oxygen atoms in total. The molecule has 0 spiro atoms. The standard InChI is InChI=1S/C14H18ClN3O2S/c1-9-4-2-3-5-11(9)16-14-17-12-7-6-10(15)8-13(12)21(19,20)18-14/h6-9,11H,2-5H2,1H3,(H2,16,17,18). The van der Waals surface area contributed by atoms with Gasteiger partial charge in [0.15, 0.2) is 0 Å². The maximum Gasteiger partial charge on any atom is 0.266 e.